The number of hydrogen-bond donors (Lipinski definition) is 1. The summed E-state index contributed by atoms with van der Waals surface area (Å²) in [5.41, 5.74) is -0.538. The predicted molar refractivity (Wildman–Crippen MR) is 42.6 cm³/mol. The zero-order valence-electron chi connectivity index (χ0n) is 7.31. The predicted octanol–water partition coefficient (Wildman–Crippen LogP) is 2.23. The molecule has 0 unspecified atom stereocenters. The second-order valence-electron chi connectivity index (χ2n) is 2.92. The minimum atomic E-state index is -4.06. The summed E-state index contributed by atoms with van der Waals surface area (Å²) in [6.45, 7) is 0. The topological polar surface area (TPSA) is 37.3 Å². The van der Waals surface area contributed by atoms with Crippen molar-refractivity contribution in [1.82, 2.24) is 0 Å². The molecule has 1 aromatic rings. The molecule has 1 N–H and O–H groups in total. The van der Waals surface area contributed by atoms with Gasteiger partial charge in [-0.25, -0.2) is 13.6 Å². The fourth-order valence-electron chi connectivity index (χ4n) is 0.980. The number of halogens is 4. The highest BCUT2D eigenvalue weighted by Crippen LogP contribution is 2.22. The molecule has 1 rings (SSSR count). The molecule has 1 aromatic carbocycles. The second kappa shape index (κ2) is 3.88. The summed E-state index contributed by atoms with van der Waals surface area (Å²) in [7, 11) is 0. The molecule has 15 heavy (non-hydrogen) atoms. The molecule has 0 bridgehead atoms. The maximum absolute atomic E-state index is 12.9. The monoisotopic (exact) mass is 222 g/mol. The second-order valence-corrected chi connectivity index (χ2v) is 2.92. The average Bonchev–Trinajstić information content (AvgIpc) is 2.09. The van der Waals surface area contributed by atoms with Gasteiger partial charge in [-0.1, -0.05) is 6.07 Å². The molecule has 2 nitrogen and oxygen atoms in total. The number of carboxylic acid groups (broad SMARTS) is 1. The molecule has 0 saturated heterocycles. The van der Waals surface area contributed by atoms with Crippen molar-refractivity contribution in [1.29, 1.82) is 0 Å². The lowest BCUT2D eigenvalue weighted by atomic mass is 10.1. The van der Waals surface area contributed by atoms with E-state index in [1.165, 1.54) is 0 Å². The van der Waals surface area contributed by atoms with Crippen molar-refractivity contribution in [2.45, 2.75) is 12.3 Å². The number of hydrogen-bond acceptors (Lipinski definition) is 1. The number of benzene rings is 1. The third-order valence-corrected chi connectivity index (χ3v) is 1.74. The summed E-state index contributed by atoms with van der Waals surface area (Å²) in [6, 6.07) is 2.01. The van der Waals surface area contributed by atoms with Crippen molar-refractivity contribution in [2.24, 2.45) is 0 Å². The summed E-state index contributed by atoms with van der Waals surface area (Å²) < 4.78 is 50.6. The van der Waals surface area contributed by atoms with Crippen LogP contribution in [0.3, 0.4) is 0 Å². The largest absolute Gasteiger partial charge is 0.477 e. The van der Waals surface area contributed by atoms with Crippen LogP contribution < -0.4 is 0 Å². The molecule has 0 spiro atoms. The molecule has 0 aliphatic rings. The first kappa shape index (κ1) is 11.5. The quantitative estimate of drug-likeness (QED) is 0.796. The zero-order valence-corrected chi connectivity index (χ0v) is 7.31. The average molecular weight is 222 g/mol. The molecule has 0 saturated carbocycles. The van der Waals surface area contributed by atoms with Gasteiger partial charge in [0.25, 0.3) is 0 Å². The van der Waals surface area contributed by atoms with E-state index in [0.29, 0.717) is 6.07 Å². The summed E-state index contributed by atoms with van der Waals surface area (Å²) in [4.78, 5) is 10.1. The Morgan fingerprint density at radius 2 is 1.93 bits per heavy atom. The first-order valence-corrected chi connectivity index (χ1v) is 3.88. The Morgan fingerprint density at radius 3 is 2.40 bits per heavy atom. The molecule has 0 fully saturated rings. The molecule has 0 amide bonds. The first-order valence-electron chi connectivity index (χ1n) is 3.88. The Balaban J connectivity index is 2.95. The Bertz CT molecular complexity index is 390. The van der Waals surface area contributed by atoms with Crippen LogP contribution in [0.5, 0.6) is 0 Å². The van der Waals surface area contributed by atoms with Crippen LogP contribution in [0.4, 0.5) is 17.6 Å². The van der Waals surface area contributed by atoms with E-state index in [2.05, 4.69) is 0 Å². The van der Waals surface area contributed by atoms with Crippen molar-refractivity contribution in [3.05, 3.63) is 35.4 Å². The summed E-state index contributed by atoms with van der Waals surface area (Å²) >= 11 is 0. The van der Waals surface area contributed by atoms with Crippen molar-refractivity contribution in [3.63, 3.8) is 0 Å². The van der Waals surface area contributed by atoms with Crippen LogP contribution in [0.15, 0.2) is 18.2 Å². The van der Waals surface area contributed by atoms with Gasteiger partial charge in [0.1, 0.15) is 11.6 Å². The molecule has 0 aliphatic carbocycles. The summed E-state index contributed by atoms with van der Waals surface area (Å²) in [5, 5.41) is 8.10. The fraction of sp³-hybridized carbons (Fsp3) is 0.222. The van der Waals surface area contributed by atoms with E-state index in [-0.39, 0.29) is 0 Å². The van der Waals surface area contributed by atoms with Crippen LogP contribution in [0.2, 0.25) is 0 Å². The number of carboxylic acids is 1. The van der Waals surface area contributed by atoms with Gasteiger partial charge < -0.3 is 5.11 Å². The van der Waals surface area contributed by atoms with E-state index in [1.54, 1.807) is 0 Å². The SMILES string of the molecule is O=C(O)C(F)(F)Cc1ccc(F)cc1F. The van der Waals surface area contributed by atoms with Crippen LogP contribution in [0, 0.1) is 11.6 Å². The van der Waals surface area contributed by atoms with E-state index in [1.807, 2.05) is 0 Å². The van der Waals surface area contributed by atoms with Crippen LogP contribution >= 0.6 is 0 Å². The lowest BCUT2D eigenvalue weighted by molar-refractivity contribution is -0.164. The summed E-state index contributed by atoms with van der Waals surface area (Å²) in [5.74, 6) is -8.49. The highest BCUT2D eigenvalue weighted by atomic mass is 19.3. The van der Waals surface area contributed by atoms with Gasteiger partial charge in [-0.3, -0.25) is 0 Å². The fourth-order valence-corrected chi connectivity index (χ4v) is 0.980. The van der Waals surface area contributed by atoms with Gasteiger partial charge in [0.15, 0.2) is 0 Å². The van der Waals surface area contributed by atoms with Crippen LogP contribution in [-0.4, -0.2) is 17.0 Å². The smallest absolute Gasteiger partial charge is 0.374 e. The van der Waals surface area contributed by atoms with Gasteiger partial charge in [-0.05, 0) is 11.6 Å². The van der Waals surface area contributed by atoms with Crippen molar-refractivity contribution in [2.75, 3.05) is 0 Å². The van der Waals surface area contributed by atoms with Crippen molar-refractivity contribution >= 4 is 5.97 Å². The lowest BCUT2D eigenvalue weighted by Crippen LogP contribution is -2.31. The number of rotatable bonds is 3. The van der Waals surface area contributed by atoms with E-state index in [9.17, 15) is 22.4 Å². The Morgan fingerprint density at radius 1 is 1.33 bits per heavy atom. The van der Waals surface area contributed by atoms with E-state index < -0.39 is 35.5 Å². The molecular formula is C9H6F4O2. The standard InChI is InChI=1S/C9H6F4O2/c10-6-2-1-5(7(11)3-6)4-9(12,13)8(14)15/h1-3H,4H2,(H,14,15). The number of carbonyl (C=O) groups is 1. The maximum atomic E-state index is 12.9. The van der Waals surface area contributed by atoms with E-state index in [0.717, 1.165) is 12.1 Å². The molecule has 0 aromatic heterocycles. The van der Waals surface area contributed by atoms with E-state index in [4.69, 9.17) is 5.11 Å². The molecule has 82 valence electrons. The molecule has 0 atom stereocenters. The lowest BCUT2D eigenvalue weighted by Gasteiger charge is -2.11. The minimum Gasteiger partial charge on any atom is -0.477 e. The first-order chi connectivity index (χ1) is 6.83. The normalized spacial score (nSPS) is 11.5. The van der Waals surface area contributed by atoms with Crippen LogP contribution in [0.25, 0.3) is 0 Å². The third-order valence-electron chi connectivity index (χ3n) is 1.74. The highest BCUT2D eigenvalue weighted by molar-refractivity contribution is 5.75. The number of alkyl halides is 2. The Kier molecular flexibility index (Phi) is 2.97. The third kappa shape index (κ3) is 2.68. The highest BCUT2D eigenvalue weighted by Gasteiger charge is 2.39. The minimum absolute atomic E-state index is 0.424. The van der Waals surface area contributed by atoms with Crippen molar-refractivity contribution < 1.29 is 27.5 Å². The van der Waals surface area contributed by atoms with Gasteiger partial charge in [0.2, 0.25) is 0 Å². The van der Waals surface area contributed by atoms with Crippen LogP contribution in [0.1, 0.15) is 5.56 Å². The van der Waals surface area contributed by atoms with E-state index >= 15 is 0 Å². The molecule has 0 radical (unpaired) electrons. The molecule has 0 heterocycles. The maximum Gasteiger partial charge on any atom is 0.374 e. The molecule has 0 aliphatic heterocycles. The van der Waals surface area contributed by atoms with Crippen molar-refractivity contribution in [3.8, 4) is 0 Å². The van der Waals surface area contributed by atoms with Gasteiger partial charge in [0, 0.05) is 6.07 Å². The van der Waals surface area contributed by atoms with Gasteiger partial charge >= 0.3 is 11.9 Å². The van der Waals surface area contributed by atoms with Gasteiger partial charge in [0.05, 0.1) is 6.42 Å². The zero-order chi connectivity index (χ0) is 11.6. The Labute approximate surface area is 82.1 Å². The molecule has 6 heteroatoms. The van der Waals surface area contributed by atoms with Crippen LogP contribution in [-0.2, 0) is 11.2 Å². The Hall–Kier alpha value is -1.59. The number of aliphatic carboxylic acids is 1. The summed E-state index contributed by atoms with van der Waals surface area (Å²) in [6.07, 6.45) is -1.30. The van der Waals surface area contributed by atoms with Gasteiger partial charge in [-0.2, -0.15) is 8.78 Å². The van der Waals surface area contributed by atoms with Gasteiger partial charge in [-0.15, -0.1) is 0 Å². The molecular weight excluding hydrogens is 216 g/mol.